The van der Waals surface area contributed by atoms with Gasteiger partial charge in [0.2, 0.25) is 0 Å². The summed E-state index contributed by atoms with van der Waals surface area (Å²) in [5, 5.41) is 3.16. The minimum atomic E-state index is 0.0549. The van der Waals surface area contributed by atoms with Crippen molar-refractivity contribution in [2.45, 2.75) is 20.4 Å². The lowest BCUT2D eigenvalue weighted by Gasteiger charge is -2.08. The molecular weight excluding hydrogens is 226 g/mol. The van der Waals surface area contributed by atoms with Crippen molar-refractivity contribution in [3.8, 4) is 0 Å². The van der Waals surface area contributed by atoms with Crippen LogP contribution in [-0.2, 0) is 6.54 Å². The Balaban J connectivity index is 2.26. The summed E-state index contributed by atoms with van der Waals surface area (Å²) < 4.78 is 1.71. The maximum absolute atomic E-state index is 11.9. The Labute approximate surface area is 106 Å². The van der Waals surface area contributed by atoms with E-state index in [1.54, 1.807) is 10.8 Å². The van der Waals surface area contributed by atoms with Crippen LogP contribution in [0.2, 0.25) is 0 Å². The molecule has 2 heterocycles. The zero-order valence-corrected chi connectivity index (χ0v) is 10.7. The summed E-state index contributed by atoms with van der Waals surface area (Å²) in [5.74, 6) is 0.843. The van der Waals surface area contributed by atoms with Gasteiger partial charge >= 0.3 is 0 Å². The lowest BCUT2D eigenvalue weighted by Crippen LogP contribution is -2.21. The molecule has 0 unspecified atom stereocenters. The van der Waals surface area contributed by atoms with E-state index in [1.165, 1.54) is 0 Å². The summed E-state index contributed by atoms with van der Waals surface area (Å²) in [4.78, 5) is 16.1. The summed E-state index contributed by atoms with van der Waals surface area (Å²) in [6.45, 7) is 5.26. The fraction of sp³-hybridized carbons (Fsp3) is 0.286. The van der Waals surface area contributed by atoms with Gasteiger partial charge in [-0.2, -0.15) is 0 Å². The molecule has 0 radical (unpaired) electrons. The van der Waals surface area contributed by atoms with E-state index in [4.69, 9.17) is 0 Å². The Bertz CT molecular complexity index is 590. The first-order chi connectivity index (χ1) is 8.70. The Morgan fingerprint density at radius 1 is 1.39 bits per heavy atom. The molecule has 2 rings (SSSR count). The monoisotopic (exact) mass is 243 g/mol. The number of hydrogen-bond acceptors (Lipinski definition) is 3. The molecular formula is C14H17N3O. The van der Waals surface area contributed by atoms with Gasteiger partial charge in [-0.25, -0.2) is 4.98 Å². The van der Waals surface area contributed by atoms with Gasteiger partial charge in [-0.05, 0) is 37.6 Å². The van der Waals surface area contributed by atoms with Crippen molar-refractivity contribution in [1.82, 2.24) is 9.55 Å². The van der Waals surface area contributed by atoms with Crippen LogP contribution in [0.5, 0.6) is 0 Å². The molecule has 0 bridgehead atoms. The second-order valence-electron chi connectivity index (χ2n) is 4.20. The smallest absolute Gasteiger partial charge is 0.253 e. The highest BCUT2D eigenvalue weighted by Crippen LogP contribution is 2.07. The summed E-state index contributed by atoms with van der Waals surface area (Å²) in [5.41, 5.74) is 1.88. The number of anilines is 1. The quantitative estimate of drug-likeness (QED) is 0.893. The minimum Gasteiger partial charge on any atom is -0.370 e. The van der Waals surface area contributed by atoms with E-state index in [1.807, 2.05) is 44.3 Å². The molecule has 1 N–H and O–H groups in total. The van der Waals surface area contributed by atoms with Crippen LogP contribution in [0.25, 0.3) is 0 Å². The van der Waals surface area contributed by atoms with Crippen LogP contribution in [0.1, 0.15) is 18.1 Å². The van der Waals surface area contributed by atoms with Gasteiger partial charge in [0.05, 0.1) is 6.54 Å². The Morgan fingerprint density at radius 2 is 2.22 bits per heavy atom. The first-order valence-electron chi connectivity index (χ1n) is 6.05. The molecule has 94 valence electrons. The van der Waals surface area contributed by atoms with Gasteiger partial charge in [0.25, 0.3) is 5.56 Å². The largest absolute Gasteiger partial charge is 0.370 e. The first kappa shape index (κ1) is 12.4. The summed E-state index contributed by atoms with van der Waals surface area (Å²) in [6.07, 6.45) is 3.57. The maximum Gasteiger partial charge on any atom is 0.253 e. The zero-order valence-electron chi connectivity index (χ0n) is 10.7. The second-order valence-corrected chi connectivity index (χ2v) is 4.20. The summed E-state index contributed by atoms with van der Waals surface area (Å²) >= 11 is 0. The lowest BCUT2D eigenvalue weighted by molar-refractivity contribution is 0.751. The minimum absolute atomic E-state index is 0.0549. The zero-order chi connectivity index (χ0) is 13.0. The molecule has 0 fully saturated rings. The summed E-state index contributed by atoms with van der Waals surface area (Å²) in [6, 6.07) is 7.62. The molecule has 2 aromatic heterocycles. The van der Waals surface area contributed by atoms with Crippen molar-refractivity contribution in [3.05, 3.63) is 58.1 Å². The van der Waals surface area contributed by atoms with Crippen LogP contribution in [-0.4, -0.2) is 16.1 Å². The van der Waals surface area contributed by atoms with Crippen molar-refractivity contribution < 1.29 is 0 Å². The van der Waals surface area contributed by atoms with Crippen LogP contribution in [0, 0.1) is 6.92 Å². The Kier molecular flexibility index (Phi) is 3.77. The van der Waals surface area contributed by atoms with Crippen LogP contribution in [0.4, 0.5) is 5.82 Å². The van der Waals surface area contributed by atoms with Crippen LogP contribution >= 0.6 is 0 Å². The third-order valence-electron chi connectivity index (χ3n) is 2.75. The normalized spacial score (nSPS) is 10.3. The third kappa shape index (κ3) is 2.77. The maximum atomic E-state index is 11.9. The molecule has 0 aliphatic carbocycles. The number of hydrogen-bond donors (Lipinski definition) is 1. The van der Waals surface area contributed by atoms with Crippen molar-refractivity contribution in [1.29, 1.82) is 0 Å². The third-order valence-corrected chi connectivity index (χ3v) is 2.75. The van der Waals surface area contributed by atoms with Crippen molar-refractivity contribution in [2.24, 2.45) is 0 Å². The van der Waals surface area contributed by atoms with Gasteiger partial charge < -0.3 is 9.88 Å². The summed E-state index contributed by atoms with van der Waals surface area (Å²) in [7, 11) is 0. The number of aromatic nitrogens is 2. The fourth-order valence-corrected chi connectivity index (χ4v) is 1.83. The average molecular weight is 243 g/mol. The predicted octanol–water partition coefficient (Wildman–Crippen LogP) is 2.03. The highest BCUT2D eigenvalue weighted by Gasteiger charge is 2.01. The molecule has 18 heavy (non-hydrogen) atoms. The molecule has 0 aromatic carbocycles. The molecule has 0 atom stereocenters. The van der Waals surface area contributed by atoms with Crippen LogP contribution in [0.3, 0.4) is 0 Å². The Morgan fingerprint density at radius 3 is 3.00 bits per heavy atom. The molecule has 0 saturated heterocycles. The molecule has 4 nitrogen and oxygen atoms in total. The van der Waals surface area contributed by atoms with Gasteiger partial charge in [-0.3, -0.25) is 4.79 Å². The SMILES string of the molecule is CCNc1cc(Cn2cccc(C)c2=O)ccn1. The number of rotatable bonds is 4. The van der Waals surface area contributed by atoms with E-state index in [2.05, 4.69) is 10.3 Å². The molecule has 4 heteroatoms. The number of aryl methyl sites for hydroxylation is 1. The van der Waals surface area contributed by atoms with Crippen LogP contribution < -0.4 is 10.9 Å². The van der Waals surface area contributed by atoms with Crippen molar-refractivity contribution in [3.63, 3.8) is 0 Å². The number of nitrogens with one attached hydrogen (secondary N) is 1. The highest BCUT2D eigenvalue weighted by molar-refractivity contribution is 5.37. The number of nitrogens with zero attached hydrogens (tertiary/aromatic N) is 2. The van der Waals surface area contributed by atoms with Crippen molar-refractivity contribution in [2.75, 3.05) is 11.9 Å². The van der Waals surface area contributed by atoms with Gasteiger partial charge in [0, 0.05) is 24.5 Å². The Hall–Kier alpha value is -2.10. The molecule has 0 saturated carbocycles. The molecule has 0 spiro atoms. The van der Waals surface area contributed by atoms with Gasteiger partial charge in [-0.15, -0.1) is 0 Å². The van der Waals surface area contributed by atoms with E-state index in [0.29, 0.717) is 6.54 Å². The highest BCUT2D eigenvalue weighted by atomic mass is 16.1. The fourth-order valence-electron chi connectivity index (χ4n) is 1.83. The molecule has 0 aliphatic rings. The first-order valence-corrected chi connectivity index (χ1v) is 6.05. The van der Waals surface area contributed by atoms with E-state index in [0.717, 1.165) is 23.5 Å². The predicted molar refractivity (Wildman–Crippen MR) is 72.9 cm³/mol. The second kappa shape index (κ2) is 5.49. The standard InChI is InChI=1S/C14H17N3O/c1-3-15-13-9-12(6-7-16-13)10-17-8-4-5-11(2)14(17)18/h4-9H,3,10H2,1-2H3,(H,15,16). The molecule has 0 aliphatic heterocycles. The molecule has 0 amide bonds. The van der Waals surface area contributed by atoms with Gasteiger partial charge in [0.1, 0.15) is 5.82 Å². The van der Waals surface area contributed by atoms with E-state index in [9.17, 15) is 4.79 Å². The van der Waals surface area contributed by atoms with E-state index >= 15 is 0 Å². The topological polar surface area (TPSA) is 46.9 Å². The van der Waals surface area contributed by atoms with Crippen LogP contribution in [0.15, 0.2) is 41.5 Å². The van der Waals surface area contributed by atoms with E-state index in [-0.39, 0.29) is 5.56 Å². The van der Waals surface area contributed by atoms with Gasteiger partial charge in [0.15, 0.2) is 0 Å². The van der Waals surface area contributed by atoms with Gasteiger partial charge in [-0.1, -0.05) is 6.07 Å². The number of pyridine rings is 2. The van der Waals surface area contributed by atoms with Crippen molar-refractivity contribution >= 4 is 5.82 Å². The molecule has 2 aromatic rings. The van der Waals surface area contributed by atoms with E-state index < -0.39 is 0 Å². The lowest BCUT2D eigenvalue weighted by atomic mass is 10.2. The average Bonchev–Trinajstić information content (AvgIpc) is 2.36.